The molecule has 1 atom stereocenters. The molecule has 1 aliphatic rings. The van der Waals surface area contributed by atoms with Gasteiger partial charge in [0, 0.05) is 6.54 Å². The maximum atomic E-state index is 12.0. The molecule has 1 fully saturated rings. The van der Waals surface area contributed by atoms with Crippen LogP contribution in [-0.2, 0) is 0 Å². The molecule has 0 bridgehead atoms. The Kier molecular flexibility index (Phi) is 5.05. The minimum atomic E-state index is -4.51. The molecule has 96 valence electrons. The molecular weight excluding hydrogens is 219 g/mol. The second-order valence-electron chi connectivity index (χ2n) is 4.84. The zero-order valence-corrected chi connectivity index (χ0v) is 9.56. The van der Waals surface area contributed by atoms with Gasteiger partial charge in [0.1, 0.15) is 0 Å². The Hall–Kier alpha value is -0.290. The normalized spacial score (nSPS) is 29.1. The Bertz CT molecular complexity index is 200. The molecule has 0 aromatic heterocycles. The second kappa shape index (κ2) is 5.87. The predicted octanol–water partition coefficient (Wildman–Crippen LogP) is 2.33. The van der Waals surface area contributed by atoms with Gasteiger partial charge in [-0.15, -0.1) is 0 Å². The van der Waals surface area contributed by atoms with E-state index in [1.165, 1.54) is 0 Å². The molecule has 0 radical (unpaired) electrons. The molecule has 5 heteroatoms. The second-order valence-corrected chi connectivity index (χ2v) is 4.84. The highest BCUT2D eigenvalue weighted by atomic mass is 19.4. The molecule has 1 unspecified atom stereocenters. The van der Waals surface area contributed by atoms with Gasteiger partial charge in [0.25, 0.3) is 0 Å². The number of rotatable bonds is 4. The molecule has 0 heterocycles. The van der Waals surface area contributed by atoms with Crippen LogP contribution in [0.15, 0.2) is 0 Å². The Morgan fingerprint density at radius 2 is 1.81 bits per heavy atom. The Balaban J connectivity index is 2.11. The zero-order valence-electron chi connectivity index (χ0n) is 9.56. The lowest BCUT2D eigenvalue weighted by Crippen LogP contribution is -2.40. The fourth-order valence-electron chi connectivity index (χ4n) is 2.07. The summed E-state index contributed by atoms with van der Waals surface area (Å²) in [5.41, 5.74) is 0. The third-order valence-corrected chi connectivity index (χ3v) is 3.28. The summed E-state index contributed by atoms with van der Waals surface area (Å²) in [6.45, 7) is 2.40. The van der Waals surface area contributed by atoms with E-state index in [2.05, 4.69) is 12.2 Å². The Morgan fingerprint density at radius 1 is 1.25 bits per heavy atom. The summed E-state index contributed by atoms with van der Waals surface area (Å²) in [6.07, 6.45) is -2.27. The Labute approximate surface area is 94.2 Å². The zero-order chi connectivity index (χ0) is 12.2. The molecule has 0 aromatic rings. The molecule has 1 saturated carbocycles. The fraction of sp³-hybridized carbons (Fsp3) is 1.00. The van der Waals surface area contributed by atoms with E-state index in [-0.39, 0.29) is 0 Å². The fourth-order valence-corrected chi connectivity index (χ4v) is 2.07. The van der Waals surface area contributed by atoms with Crippen LogP contribution < -0.4 is 5.32 Å². The van der Waals surface area contributed by atoms with Gasteiger partial charge in [0.05, 0.1) is 0 Å². The van der Waals surface area contributed by atoms with Crippen LogP contribution in [0, 0.1) is 11.8 Å². The van der Waals surface area contributed by atoms with Crippen LogP contribution in [0.25, 0.3) is 0 Å². The topological polar surface area (TPSA) is 32.3 Å². The van der Waals surface area contributed by atoms with Gasteiger partial charge in [0.15, 0.2) is 6.10 Å². The number of hydrogen-bond acceptors (Lipinski definition) is 2. The van der Waals surface area contributed by atoms with Gasteiger partial charge >= 0.3 is 6.18 Å². The van der Waals surface area contributed by atoms with Gasteiger partial charge < -0.3 is 10.4 Å². The largest absolute Gasteiger partial charge is 0.415 e. The lowest BCUT2D eigenvalue weighted by molar-refractivity contribution is -0.201. The van der Waals surface area contributed by atoms with E-state index in [0.29, 0.717) is 12.5 Å². The average Bonchev–Trinajstić information content (AvgIpc) is 2.19. The van der Waals surface area contributed by atoms with Gasteiger partial charge in [-0.1, -0.05) is 19.8 Å². The SMILES string of the molecule is CC1CCC(CNCC(O)C(F)(F)F)CC1. The number of aliphatic hydroxyl groups excluding tert-OH is 1. The van der Waals surface area contributed by atoms with Crippen molar-refractivity contribution >= 4 is 0 Å². The summed E-state index contributed by atoms with van der Waals surface area (Å²) in [7, 11) is 0. The maximum absolute atomic E-state index is 12.0. The minimum absolute atomic E-state index is 0.393. The summed E-state index contributed by atoms with van der Waals surface area (Å²) in [4.78, 5) is 0. The third-order valence-electron chi connectivity index (χ3n) is 3.28. The third kappa shape index (κ3) is 4.70. The van der Waals surface area contributed by atoms with Crippen LogP contribution in [0.1, 0.15) is 32.6 Å². The first kappa shape index (κ1) is 13.8. The van der Waals surface area contributed by atoms with Crippen molar-refractivity contribution in [3.63, 3.8) is 0 Å². The quantitative estimate of drug-likeness (QED) is 0.789. The number of halogens is 3. The first-order chi connectivity index (χ1) is 7.39. The van der Waals surface area contributed by atoms with Gasteiger partial charge in [-0.05, 0) is 31.2 Å². The van der Waals surface area contributed by atoms with Crippen molar-refractivity contribution in [1.29, 1.82) is 0 Å². The molecule has 1 rings (SSSR count). The van der Waals surface area contributed by atoms with Crippen LogP contribution >= 0.6 is 0 Å². The van der Waals surface area contributed by atoms with E-state index in [4.69, 9.17) is 5.11 Å². The molecule has 0 spiro atoms. The van der Waals surface area contributed by atoms with E-state index in [1.807, 2.05) is 0 Å². The van der Waals surface area contributed by atoms with Crippen molar-refractivity contribution in [3.8, 4) is 0 Å². The summed E-state index contributed by atoms with van der Waals surface area (Å²) < 4.78 is 35.9. The standard InChI is InChI=1S/C11H20F3NO/c1-8-2-4-9(5-3-8)6-15-7-10(16)11(12,13)14/h8-10,15-16H,2-7H2,1H3. The predicted molar refractivity (Wildman–Crippen MR) is 56.1 cm³/mol. The lowest BCUT2D eigenvalue weighted by Gasteiger charge is -2.26. The van der Waals surface area contributed by atoms with Crippen molar-refractivity contribution < 1.29 is 18.3 Å². The first-order valence-electron chi connectivity index (χ1n) is 5.85. The van der Waals surface area contributed by atoms with Crippen LogP contribution in [0.5, 0.6) is 0 Å². The summed E-state index contributed by atoms with van der Waals surface area (Å²) >= 11 is 0. The van der Waals surface area contributed by atoms with Crippen molar-refractivity contribution in [3.05, 3.63) is 0 Å². The monoisotopic (exact) mass is 239 g/mol. The molecule has 2 nitrogen and oxygen atoms in total. The van der Waals surface area contributed by atoms with Crippen molar-refractivity contribution in [2.45, 2.75) is 44.9 Å². The van der Waals surface area contributed by atoms with Gasteiger partial charge in [0.2, 0.25) is 0 Å². The molecule has 2 N–H and O–H groups in total. The molecule has 0 aromatic carbocycles. The van der Waals surface area contributed by atoms with Crippen LogP contribution in [0.4, 0.5) is 13.2 Å². The highest BCUT2D eigenvalue weighted by Crippen LogP contribution is 2.27. The summed E-state index contributed by atoms with van der Waals surface area (Å²) in [6, 6.07) is 0. The van der Waals surface area contributed by atoms with E-state index in [1.54, 1.807) is 0 Å². The van der Waals surface area contributed by atoms with E-state index in [0.717, 1.165) is 31.6 Å². The number of nitrogens with one attached hydrogen (secondary N) is 1. The highest BCUT2D eigenvalue weighted by Gasteiger charge is 2.37. The van der Waals surface area contributed by atoms with Gasteiger partial charge in [-0.2, -0.15) is 13.2 Å². The van der Waals surface area contributed by atoms with E-state index >= 15 is 0 Å². The maximum Gasteiger partial charge on any atom is 0.415 e. The molecule has 1 aliphatic carbocycles. The number of alkyl halides is 3. The molecule has 0 aliphatic heterocycles. The van der Waals surface area contributed by atoms with Crippen molar-refractivity contribution in [2.75, 3.05) is 13.1 Å². The van der Waals surface area contributed by atoms with Crippen molar-refractivity contribution in [2.24, 2.45) is 11.8 Å². The van der Waals surface area contributed by atoms with E-state index in [9.17, 15) is 13.2 Å². The van der Waals surface area contributed by atoms with Gasteiger partial charge in [-0.3, -0.25) is 0 Å². The Morgan fingerprint density at radius 3 is 2.31 bits per heavy atom. The lowest BCUT2D eigenvalue weighted by atomic mass is 9.83. The molecular formula is C11H20F3NO. The summed E-state index contributed by atoms with van der Waals surface area (Å²) in [5, 5.41) is 11.5. The highest BCUT2D eigenvalue weighted by molar-refractivity contribution is 4.74. The van der Waals surface area contributed by atoms with Crippen LogP contribution in [0.3, 0.4) is 0 Å². The summed E-state index contributed by atoms with van der Waals surface area (Å²) in [5.74, 6) is 1.22. The number of hydrogen-bond donors (Lipinski definition) is 2. The van der Waals surface area contributed by atoms with Gasteiger partial charge in [-0.25, -0.2) is 0 Å². The minimum Gasteiger partial charge on any atom is -0.382 e. The smallest absolute Gasteiger partial charge is 0.382 e. The van der Waals surface area contributed by atoms with Crippen LogP contribution in [0.2, 0.25) is 0 Å². The molecule has 0 amide bonds. The van der Waals surface area contributed by atoms with Crippen LogP contribution in [-0.4, -0.2) is 30.5 Å². The molecule has 0 saturated heterocycles. The first-order valence-corrected chi connectivity index (χ1v) is 5.85. The molecule has 16 heavy (non-hydrogen) atoms. The van der Waals surface area contributed by atoms with E-state index < -0.39 is 18.8 Å². The average molecular weight is 239 g/mol. The number of aliphatic hydroxyl groups is 1. The van der Waals surface area contributed by atoms with Crippen molar-refractivity contribution in [1.82, 2.24) is 5.32 Å².